The van der Waals surface area contributed by atoms with Crippen molar-refractivity contribution in [2.75, 3.05) is 12.4 Å². The van der Waals surface area contributed by atoms with Crippen LogP contribution in [-0.4, -0.2) is 7.11 Å². The van der Waals surface area contributed by atoms with Crippen molar-refractivity contribution < 1.29 is 4.74 Å². The SMILES string of the molecule is CCC(Nc1ccc(OC)c(Br)c1)c1cccc(Br)c1. The molecule has 2 aromatic carbocycles. The van der Waals surface area contributed by atoms with E-state index in [1.165, 1.54) is 5.56 Å². The van der Waals surface area contributed by atoms with Gasteiger partial charge in [-0.15, -0.1) is 0 Å². The zero-order chi connectivity index (χ0) is 14.5. The van der Waals surface area contributed by atoms with E-state index in [1.807, 2.05) is 24.3 Å². The van der Waals surface area contributed by atoms with Crippen LogP contribution in [0.5, 0.6) is 5.75 Å². The zero-order valence-corrected chi connectivity index (χ0v) is 14.7. The average molecular weight is 399 g/mol. The highest BCUT2D eigenvalue weighted by atomic mass is 79.9. The summed E-state index contributed by atoms with van der Waals surface area (Å²) in [5, 5.41) is 3.56. The second-order valence-corrected chi connectivity index (χ2v) is 6.28. The van der Waals surface area contributed by atoms with E-state index in [0.29, 0.717) is 0 Å². The molecule has 2 aromatic rings. The third kappa shape index (κ3) is 3.76. The van der Waals surface area contributed by atoms with Crippen LogP contribution in [0.15, 0.2) is 51.4 Å². The summed E-state index contributed by atoms with van der Waals surface area (Å²) in [5.74, 6) is 0.839. The minimum Gasteiger partial charge on any atom is -0.496 e. The Kier molecular flexibility index (Phi) is 5.49. The van der Waals surface area contributed by atoms with Gasteiger partial charge in [0, 0.05) is 10.2 Å². The zero-order valence-electron chi connectivity index (χ0n) is 11.5. The molecule has 1 unspecified atom stereocenters. The van der Waals surface area contributed by atoms with Crippen molar-refractivity contribution in [2.45, 2.75) is 19.4 Å². The average Bonchev–Trinajstić information content (AvgIpc) is 2.45. The molecule has 0 radical (unpaired) electrons. The topological polar surface area (TPSA) is 21.3 Å². The number of hydrogen-bond donors (Lipinski definition) is 1. The van der Waals surface area contributed by atoms with Crippen molar-refractivity contribution in [3.05, 3.63) is 57.0 Å². The molecule has 1 atom stereocenters. The molecule has 0 aliphatic carbocycles. The van der Waals surface area contributed by atoms with Gasteiger partial charge in [-0.2, -0.15) is 0 Å². The van der Waals surface area contributed by atoms with Crippen LogP contribution in [0, 0.1) is 0 Å². The number of nitrogens with one attached hydrogen (secondary N) is 1. The number of ether oxygens (including phenoxy) is 1. The van der Waals surface area contributed by atoms with E-state index in [9.17, 15) is 0 Å². The van der Waals surface area contributed by atoms with Crippen molar-refractivity contribution in [3.63, 3.8) is 0 Å². The number of anilines is 1. The standard InChI is InChI=1S/C16H17Br2NO/c1-3-15(11-5-4-6-12(17)9-11)19-13-7-8-16(20-2)14(18)10-13/h4-10,15,19H,3H2,1-2H3. The van der Waals surface area contributed by atoms with Crippen LogP contribution in [0.1, 0.15) is 24.9 Å². The molecule has 0 heterocycles. The molecule has 106 valence electrons. The van der Waals surface area contributed by atoms with E-state index in [4.69, 9.17) is 4.74 Å². The highest BCUT2D eigenvalue weighted by molar-refractivity contribution is 9.10. The van der Waals surface area contributed by atoms with Gasteiger partial charge in [0.25, 0.3) is 0 Å². The number of halogens is 2. The second kappa shape index (κ2) is 7.14. The van der Waals surface area contributed by atoms with Gasteiger partial charge in [0.1, 0.15) is 5.75 Å². The lowest BCUT2D eigenvalue weighted by atomic mass is 10.0. The van der Waals surface area contributed by atoms with Gasteiger partial charge in [0.05, 0.1) is 17.6 Å². The summed E-state index contributed by atoms with van der Waals surface area (Å²) in [4.78, 5) is 0. The fourth-order valence-corrected chi connectivity index (χ4v) is 3.06. The smallest absolute Gasteiger partial charge is 0.133 e. The Labute approximate surface area is 136 Å². The van der Waals surface area contributed by atoms with Crippen LogP contribution in [0.25, 0.3) is 0 Å². The third-order valence-electron chi connectivity index (χ3n) is 3.15. The second-order valence-electron chi connectivity index (χ2n) is 4.51. The Bertz CT molecular complexity index is 586. The van der Waals surface area contributed by atoms with Gasteiger partial charge in [0.2, 0.25) is 0 Å². The summed E-state index contributed by atoms with van der Waals surface area (Å²) in [6.07, 6.45) is 1.01. The number of benzene rings is 2. The van der Waals surface area contributed by atoms with Gasteiger partial charge >= 0.3 is 0 Å². The van der Waals surface area contributed by atoms with Crippen LogP contribution in [0.4, 0.5) is 5.69 Å². The van der Waals surface area contributed by atoms with Crippen molar-refractivity contribution >= 4 is 37.5 Å². The Balaban J connectivity index is 2.20. The molecular formula is C16H17Br2NO. The molecule has 0 saturated carbocycles. The first-order valence-corrected chi connectivity index (χ1v) is 8.08. The largest absolute Gasteiger partial charge is 0.496 e. The van der Waals surface area contributed by atoms with Crippen LogP contribution < -0.4 is 10.1 Å². The maximum Gasteiger partial charge on any atom is 0.133 e. The predicted molar refractivity (Wildman–Crippen MR) is 91.5 cm³/mol. The Morgan fingerprint density at radius 1 is 1.15 bits per heavy atom. The minimum atomic E-state index is 0.285. The van der Waals surface area contributed by atoms with Gasteiger partial charge in [-0.05, 0) is 58.2 Å². The molecule has 0 aliphatic rings. The Hall–Kier alpha value is -1.00. The van der Waals surface area contributed by atoms with E-state index in [1.54, 1.807) is 7.11 Å². The van der Waals surface area contributed by atoms with Crippen LogP contribution >= 0.6 is 31.9 Å². The van der Waals surface area contributed by atoms with E-state index in [-0.39, 0.29) is 6.04 Å². The monoisotopic (exact) mass is 397 g/mol. The number of rotatable bonds is 5. The molecule has 2 nitrogen and oxygen atoms in total. The Morgan fingerprint density at radius 2 is 1.95 bits per heavy atom. The first kappa shape index (κ1) is 15.4. The molecule has 0 aliphatic heterocycles. The van der Waals surface area contributed by atoms with E-state index in [2.05, 4.69) is 62.3 Å². The molecule has 0 aromatic heterocycles. The normalized spacial score (nSPS) is 12.0. The summed E-state index contributed by atoms with van der Waals surface area (Å²) >= 11 is 7.04. The van der Waals surface area contributed by atoms with Crippen LogP contribution in [-0.2, 0) is 0 Å². The summed E-state index contributed by atoms with van der Waals surface area (Å²) in [5.41, 5.74) is 2.35. The van der Waals surface area contributed by atoms with E-state index >= 15 is 0 Å². The lowest BCUT2D eigenvalue weighted by molar-refractivity contribution is 0.412. The van der Waals surface area contributed by atoms with Crippen LogP contribution in [0.2, 0.25) is 0 Å². The van der Waals surface area contributed by atoms with Gasteiger partial charge in [-0.25, -0.2) is 0 Å². The molecule has 0 spiro atoms. The van der Waals surface area contributed by atoms with Crippen molar-refractivity contribution in [2.24, 2.45) is 0 Å². The summed E-state index contributed by atoms with van der Waals surface area (Å²) in [6.45, 7) is 2.18. The molecule has 0 bridgehead atoms. The lowest BCUT2D eigenvalue weighted by Crippen LogP contribution is -2.09. The minimum absolute atomic E-state index is 0.285. The third-order valence-corrected chi connectivity index (χ3v) is 4.26. The quantitative estimate of drug-likeness (QED) is 0.688. The highest BCUT2D eigenvalue weighted by Crippen LogP contribution is 2.30. The van der Waals surface area contributed by atoms with Crippen molar-refractivity contribution in [3.8, 4) is 5.75 Å². The van der Waals surface area contributed by atoms with Crippen molar-refractivity contribution in [1.82, 2.24) is 0 Å². The summed E-state index contributed by atoms with van der Waals surface area (Å²) in [6, 6.07) is 14.7. The maximum absolute atomic E-state index is 5.25. The fourth-order valence-electron chi connectivity index (χ4n) is 2.10. The molecule has 0 fully saturated rings. The highest BCUT2D eigenvalue weighted by Gasteiger charge is 2.10. The number of hydrogen-bond acceptors (Lipinski definition) is 2. The predicted octanol–water partition coefficient (Wildman–Crippen LogP) is 5.78. The molecule has 0 amide bonds. The summed E-state index contributed by atoms with van der Waals surface area (Å²) in [7, 11) is 1.67. The van der Waals surface area contributed by atoms with Gasteiger partial charge < -0.3 is 10.1 Å². The van der Waals surface area contributed by atoms with Crippen molar-refractivity contribution in [1.29, 1.82) is 0 Å². The molecule has 2 rings (SSSR count). The first-order valence-electron chi connectivity index (χ1n) is 6.49. The van der Waals surface area contributed by atoms with Gasteiger partial charge in [0.15, 0.2) is 0 Å². The first-order chi connectivity index (χ1) is 9.63. The fraction of sp³-hybridized carbons (Fsp3) is 0.250. The molecule has 1 N–H and O–H groups in total. The van der Waals surface area contributed by atoms with Gasteiger partial charge in [-0.1, -0.05) is 35.0 Å². The molecule has 4 heteroatoms. The summed E-state index contributed by atoms with van der Waals surface area (Å²) < 4.78 is 7.31. The number of methoxy groups -OCH3 is 1. The molecular weight excluding hydrogens is 382 g/mol. The molecule has 20 heavy (non-hydrogen) atoms. The van der Waals surface area contributed by atoms with E-state index < -0.39 is 0 Å². The van der Waals surface area contributed by atoms with Gasteiger partial charge in [-0.3, -0.25) is 0 Å². The lowest BCUT2D eigenvalue weighted by Gasteiger charge is -2.19. The van der Waals surface area contributed by atoms with E-state index in [0.717, 1.165) is 26.8 Å². The Morgan fingerprint density at radius 3 is 2.55 bits per heavy atom. The maximum atomic E-state index is 5.25. The van der Waals surface area contributed by atoms with Crippen LogP contribution in [0.3, 0.4) is 0 Å². The molecule has 0 saturated heterocycles.